The van der Waals surface area contributed by atoms with Gasteiger partial charge in [-0.15, -0.1) is 0 Å². The number of amides is 3. The molecule has 0 bridgehead atoms. The van der Waals surface area contributed by atoms with Gasteiger partial charge in [0, 0.05) is 31.9 Å². The largest absolute Gasteiger partial charge is 0.497 e. The van der Waals surface area contributed by atoms with Crippen LogP contribution in [0.15, 0.2) is 24.3 Å². The molecular formula is C18H27N5O4. The molecule has 27 heavy (non-hydrogen) atoms. The van der Waals surface area contributed by atoms with Gasteiger partial charge >= 0.3 is 12.1 Å². The highest BCUT2D eigenvalue weighted by Gasteiger charge is 2.27. The lowest BCUT2D eigenvalue weighted by Crippen LogP contribution is -2.55. The Labute approximate surface area is 159 Å². The van der Waals surface area contributed by atoms with Crippen LogP contribution < -0.4 is 15.4 Å². The first-order valence-electron chi connectivity index (χ1n) is 8.71. The Morgan fingerprint density at radius 3 is 2.11 bits per heavy atom. The van der Waals surface area contributed by atoms with E-state index in [4.69, 9.17) is 14.9 Å². The van der Waals surface area contributed by atoms with Crippen LogP contribution in [-0.2, 0) is 4.74 Å². The predicted octanol–water partition coefficient (Wildman–Crippen LogP) is 2.30. The Morgan fingerprint density at radius 2 is 1.59 bits per heavy atom. The molecular weight excluding hydrogens is 350 g/mol. The molecule has 0 saturated carbocycles. The Kier molecular flexibility index (Phi) is 6.49. The number of benzene rings is 1. The summed E-state index contributed by atoms with van der Waals surface area (Å²) in [4.78, 5) is 27.4. The minimum Gasteiger partial charge on any atom is -0.497 e. The van der Waals surface area contributed by atoms with E-state index in [1.54, 1.807) is 41.2 Å². The molecule has 1 aromatic carbocycles. The van der Waals surface area contributed by atoms with Gasteiger partial charge in [-0.05, 0) is 45.0 Å². The van der Waals surface area contributed by atoms with Crippen LogP contribution in [-0.4, -0.2) is 66.8 Å². The van der Waals surface area contributed by atoms with E-state index in [1.165, 1.54) is 0 Å². The van der Waals surface area contributed by atoms with E-state index in [0.29, 0.717) is 37.6 Å². The van der Waals surface area contributed by atoms with Gasteiger partial charge in [0.05, 0.1) is 7.11 Å². The number of carbonyl (C=O) groups excluding carboxylic acids is 2. The quantitative estimate of drug-likeness (QED) is 0.542. The molecule has 0 unspecified atom stereocenters. The Balaban J connectivity index is 1.78. The van der Waals surface area contributed by atoms with E-state index >= 15 is 0 Å². The molecule has 0 radical (unpaired) electrons. The number of rotatable bonds is 2. The van der Waals surface area contributed by atoms with Gasteiger partial charge < -0.3 is 24.6 Å². The topological polar surface area (TPSA) is 107 Å². The van der Waals surface area contributed by atoms with Gasteiger partial charge in [0.25, 0.3) is 0 Å². The molecule has 3 amide bonds. The molecule has 9 nitrogen and oxygen atoms in total. The van der Waals surface area contributed by atoms with E-state index in [1.807, 2.05) is 20.8 Å². The van der Waals surface area contributed by atoms with Gasteiger partial charge in [0.2, 0.25) is 0 Å². The fraction of sp³-hybridized carbons (Fsp3) is 0.500. The van der Waals surface area contributed by atoms with E-state index in [0.717, 1.165) is 0 Å². The zero-order valence-corrected chi connectivity index (χ0v) is 16.2. The van der Waals surface area contributed by atoms with Crippen LogP contribution in [0.5, 0.6) is 5.75 Å². The molecule has 1 fully saturated rings. The number of nitrogens with one attached hydrogen (secondary N) is 3. The van der Waals surface area contributed by atoms with Crippen molar-refractivity contribution >= 4 is 23.8 Å². The Hall–Kier alpha value is -2.97. The van der Waals surface area contributed by atoms with Crippen LogP contribution in [0.2, 0.25) is 0 Å². The summed E-state index contributed by atoms with van der Waals surface area (Å²) in [6.07, 6.45) is -0.362. The molecule has 0 aromatic heterocycles. The summed E-state index contributed by atoms with van der Waals surface area (Å²) in [5, 5.41) is 13.2. The van der Waals surface area contributed by atoms with Gasteiger partial charge in [0.1, 0.15) is 11.4 Å². The first kappa shape index (κ1) is 20.3. The van der Waals surface area contributed by atoms with Crippen LogP contribution in [0.4, 0.5) is 15.3 Å². The Morgan fingerprint density at radius 1 is 1.04 bits per heavy atom. The lowest BCUT2D eigenvalue weighted by Gasteiger charge is -2.36. The number of ether oxygens (including phenoxy) is 2. The smallest absolute Gasteiger partial charge is 0.410 e. The summed E-state index contributed by atoms with van der Waals surface area (Å²) < 4.78 is 10.4. The third-order valence-electron chi connectivity index (χ3n) is 3.83. The second kappa shape index (κ2) is 8.61. The summed E-state index contributed by atoms with van der Waals surface area (Å²) in [6, 6.07) is 6.39. The molecule has 9 heteroatoms. The standard InChI is InChI=1S/C18H27N5O4/c1-18(2,3)27-17(25)23-11-9-22(10-12-23)15(19)21-16(24)20-13-5-7-14(26-4)8-6-13/h5-8H,9-12H2,1-4H3,(H3,19,20,21,24). The van der Waals surface area contributed by atoms with Gasteiger partial charge in [-0.2, -0.15) is 0 Å². The van der Waals surface area contributed by atoms with Crippen LogP contribution in [0.25, 0.3) is 0 Å². The first-order valence-corrected chi connectivity index (χ1v) is 8.71. The van der Waals surface area contributed by atoms with Crippen molar-refractivity contribution in [1.29, 1.82) is 5.41 Å². The van der Waals surface area contributed by atoms with E-state index in [-0.39, 0.29) is 12.1 Å². The Bertz CT molecular complexity index is 676. The molecule has 3 N–H and O–H groups in total. The first-order chi connectivity index (χ1) is 12.7. The maximum Gasteiger partial charge on any atom is 0.410 e. The third-order valence-corrected chi connectivity index (χ3v) is 3.83. The number of carbonyl (C=O) groups is 2. The summed E-state index contributed by atoms with van der Waals surface area (Å²) >= 11 is 0. The molecule has 0 aliphatic carbocycles. The maximum absolute atomic E-state index is 12.1. The number of piperazine rings is 1. The fourth-order valence-corrected chi connectivity index (χ4v) is 2.46. The average molecular weight is 377 g/mol. The summed E-state index contributed by atoms with van der Waals surface area (Å²) in [6.45, 7) is 7.21. The number of hydrogen-bond acceptors (Lipinski definition) is 5. The lowest BCUT2D eigenvalue weighted by atomic mass is 10.2. The SMILES string of the molecule is COc1ccc(NC(=O)NC(=N)N2CCN(C(=O)OC(C)(C)C)CC2)cc1. The molecule has 2 rings (SSSR count). The highest BCUT2D eigenvalue weighted by molar-refractivity contribution is 6.01. The molecule has 148 valence electrons. The molecule has 1 saturated heterocycles. The van der Waals surface area contributed by atoms with E-state index in [2.05, 4.69) is 10.6 Å². The zero-order chi connectivity index (χ0) is 20.0. The van der Waals surface area contributed by atoms with Crippen LogP contribution in [0, 0.1) is 5.41 Å². The molecule has 1 heterocycles. The number of nitrogens with zero attached hydrogens (tertiary/aromatic N) is 2. The van der Waals surface area contributed by atoms with Crippen LogP contribution >= 0.6 is 0 Å². The minimum absolute atomic E-state index is 0.00940. The van der Waals surface area contributed by atoms with Crippen LogP contribution in [0.3, 0.4) is 0 Å². The van der Waals surface area contributed by atoms with Gasteiger partial charge in [-0.25, -0.2) is 9.59 Å². The summed E-state index contributed by atoms with van der Waals surface area (Å²) in [5.41, 5.74) is 0.0537. The minimum atomic E-state index is -0.540. The number of hydrogen-bond donors (Lipinski definition) is 3. The second-order valence-electron chi connectivity index (χ2n) is 7.11. The normalized spacial score (nSPS) is 14.4. The van der Waals surface area contributed by atoms with Crippen molar-refractivity contribution in [1.82, 2.24) is 15.1 Å². The number of anilines is 1. The fourth-order valence-electron chi connectivity index (χ4n) is 2.46. The van der Waals surface area contributed by atoms with Gasteiger partial charge in [-0.1, -0.05) is 0 Å². The average Bonchev–Trinajstić information content (AvgIpc) is 2.61. The van der Waals surface area contributed by atoms with Crippen molar-refractivity contribution < 1.29 is 19.1 Å². The molecule has 0 atom stereocenters. The van der Waals surface area contributed by atoms with Crippen molar-refractivity contribution in [2.24, 2.45) is 0 Å². The monoisotopic (exact) mass is 377 g/mol. The van der Waals surface area contributed by atoms with Crippen molar-refractivity contribution in [2.75, 3.05) is 38.6 Å². The highest BCUT2D eigenvalue weighted by atomic mass is 16.6. The number of urea groups is 1. The second-order valence-corrected chi connectivity index (χ2v) is 7.11. The molecule has 1 aliphatic rings. The molecule has 0 spiro atoms. The zero-order valence-electron chi connectivity index (χ0n) is 16.2. The summed E-state index contributed by atoms with van der Waals surface area (Å²) in [5.74, 6) is 0.682. The molecule has 1 aromatic rings. The lowest BCUT2D eigenvalue weighted by molar-refractivity contribution is 0.0185. The van der Waals surface area contributed by atoms with Crippen molar-refractivity contribution in [3.63, 3.8) is 0 Å². The maximum atomic E-state index is 12.1. The summed E-state index contributed by atoms with van der Waals surface area (Å²) in [7, 11) is 1.57. The predicted molar refractivity (Wildman–Crippen MR) is 102 cm³/mol. The number of methoxy groups -OCH3 is 1. The highest BCUT2D eigenvalue weighted by Crippen LogP contribution is 2.15. The van der Waals surface area contributed by atoms with E-state index in [9.17, 15) is 9.59 Å². The van der Waals surface area contributed by atoms with E-state index < -0.39 is 11.6 Å². The van der Waals surface area contributed by atoms with Crippen LogP contribution in [0.1, 0.15) is 20.8 Å². The number of guanidine groups is 1. The van der Waals surface area contributed by atoms with Gasteiger partial charge in [-0.3, -0.25) is 10.7 Å². The van der Waals surface area contributed by atoms with Crippen molar-refractivity contribution in [3.8, 4) is 5.75 Å². The third kappa shape index (κ3) is 6.36. The molecule has 1 aliphatic heterocycles. The van der Waals surface area contributed by atoms with Crippen molar-refractivity contribution in [2.45, 2.75) is 26.4 Å². The van der Waals surface area contributed by atoms with Gasteiger partial charge in [0.15, 0.2) is 5.96 Å². The van der Waals surface area contributed by atoms with Crippen molar-refractivity contribution in [3.05, 3.63) is 24.3 Å².